The molecular weight excluding hydrogens is 452 g/mol. The average molecular weight is 487 g/mol. The molecule has 7 heteroatoms. The summed E-state index contributed by atoms with van der Waals surface area (Å²) >= 11 is 6.33. The molecule has 1 amide bonds. The Morgan fingerprint density at radius 3 is 2.47 bits per heavy atom. The number of carbonyl (C=O) groups is 2. The third kappa shape index (κ3) is 6.66. The zero-order valence-corrected chi connectivity index (χ0v) is 21.1. The lowest BCUT2D eigenvalue weighted by Gasteiger charge is -2.33. The summed E-state index contributed by atoms with van der Waals surface area (Å²) in [5.74, 6) is -0.0814. The van der Waals surface area contributed by atoms with Gasteiger partial charge in [-0.3, -0.25) is 4.79 Å². The molecule has 1 saturated heterocycles. The van der Waals surface area contributed by atoms with E-state index in [1.807, 2.05) is 25.1 Å². The van der Waals surface area contributed by atoms with Crippen molar-refractivity contribution in [3.05, 3.63) is 58.1 Å². The fraction of sp³-hybridized carbons (Fsp3) is 0.481. The molecule has 0 aromatic heterocycles. The summed E-state index contributed by atoms with van der Waals surface area (Å²) in [6, 6.07) is 11.0. The van der Waals surface area contributed by atoms with E-state index in [2.05, 4.69) is 17.1 Å². The summed E-state index contributed by atoms with van der Waals surface area (Å²) < 4.78 is 10.8. The molecule has 1 aliphatic rings. The third-order valence-corrected chi connectivity index (χ3v) is 6.25. The van der Waals surface area contributed by atoms with Gasteiger partial charge in [0.2, 0.25) is 5.91 Å². The summed E-state index contributed by atoms with van der Waals surface area (Å²) in [5.41, 5.74) is 3.34. The summed E-state index contributed by atoms with van der Waals surface area (Å²) in [6.07, 6.45) is 4.53. The summed E-state index contributed by atoms with van der Waals surface area (Å²) in [5, 5.41) is 3.90. The predicted molar refractivity (Wildman–Crippen MR) is 136 cm³/mol. The molecule has 0 aliphatic carbocycles. The van der Waals surface area contributed by atoms with Crippen LogP contribution in [-0.4, -0.2) is 38.2 Å². The minimum Gasteiger partial charge on any atom is -0.493 e. The number of piperidine rings is 1. The number of carbonyl (C=O) groups excluding carboxylic acids is 2. The second-order valence-electron chi connectivity index (χ2n) is 8.44. The van der Waals surface area contributed by atoms with E-state index in [0.717, 1.165) is 36.3 Å². The Hall–Kier alpha value is -2.73. The Bertz CT molecular complexity index is 989. The molecule has 1 N–H and O–H groups in total. The van der Waals surface area contributed by atoms with Crippen molar-refractivity contribution in [3.8, 4) is 5.75 Å². The number of hydrogen-bond acceptors (Lipinski definition) is 5. The van der Waals surface area contributed by atoms with Gasteiger partial charge in [0.05, 0.1) is 25.7 Å². The lowest BCUT2D eigenvalue weighted by atomic mass is 9.99. The topological polar surface area (TPSA) is 67.9 Å². The lowest BCUT2D eigenvalue weighted by Crippen LogP contribution is -2.34. The molecule has 2 aromatic rings. The van der Waals surface area contributed by atoms with E-state index >= 15 is 0 Å². The predicted octanol–water partition coefficient (Wildman–Crippen LogP) is 5.72. The summed E-state index contributed by atoms with van der Waals surface area (Å²) in [7, 11) is 0. The first-order valence-corrected chi connectivity index (χ1v) is 12.6. The van der Waals surface area contributed by atoms with E-state index in [1.54, 1.807) is 25.1 Å². The van der Waals surface area contributed by atoms with E-state index < -0.39 is 5.97 Å². The maximum atomic E-state index is 13.0. The molecule has 3 rings (SSSR count). The minimum atomic E-state index is -0.430. The second-order valence-corrected chi connectivity index (χ2v) is 8.88. The first-order chi connectivity index (χ1) is 16.5. The molecule has 1 atom stereocenters. The van der Waals surface area contributed by atoms with Gasteiger partial charge in [0, 0.05) is 23.8 Å². The highest BCUT2D eigenvalue weighted by Gasteiger charge is 2.22. The van der Waals surface area contributed by atoms with Crippen LogP contribution in [-0.2, 0) is 16.0 Å². The lowest BCUT2D eigenvalue weighted by molar-refractivity contribution is -0.121. The van der Waals surface area contributed by atoms with Crippen molar-refractivity contribution in [1.82, 2.24) is 5.32 Å². The van der Waals surface area contributed by atoms with Crippen LogP contribution in [0.2, 0.25) is 5.02 Å². The van der Waals surface area contributed by atoms with Crippen LogP contribution in [0.15, 0.2) is 36.4 Å². The van der Waals surface area contributed by atoms with Gasteiger partial charge < -0.3 is 19.7 Å². The van der Waals surface area contributed by atoms with Gasteiger partial charge in [-0.25, -0.2) is 4.79 Å². The van der Waals surface area contributed by atoms with Gasteiger partial charge in [0.15, 0.2) is 0 Å². The van der Waals surface area contributed by atoms with Gasteiger partial charge in [-0.15, -0.1) is 0 Å². The molecule has 1 unspecified atom stereocenters. The van der Waals surface area contributed by atoms with Gasteiger partial charge in [0.25, 0.3) is 0 Å². The molecule has 6 nitrogen and oxygen atoms in total. The van der Waals surface area contributed by atoms with Gasteiger partial charge in [-0.2, -0.15) is 0 Å². The number of halogens is 1. The van der Waals surface area contributed by atoms with Crippen LogP contribution in [0.4, 0.5) is 5.69 Å². The van der Waals surface area contributed by atoms with Crippen LogP contribution in [0.25, 0.3) is 0 Å². The van der Waals surface area contributed by atoms with E-state index in [-0.39, 0.29) is 25.0 Å². The van der Waals surface area contributed by atoms with Gasteiger partial charge in [-0.1, -0.05) is 30.7 Å². The van der Waals surface area contributed by atoms with E-state index in [0.29, 0.717) is 22.9 Å². The van der Waals surface area contributed by atoms with E-state index in [1.165, 1.54) is 19.3 Å². The van der Waals surface area contributed by atoms with Crippen LogP contribution in [0.3, 0.4) is 0 Å². The second kappa shape index (κ2) is 12.7. The Labute approximate surface area is 207 Å². The third-order valence-electron chi connectivity index (χ3n) is 6.01. The van der Waals surface area contributed by atoms with Crippen LogP contribution in [0.1, 0.15) is 74.0 Å². The number of rotatable bonds is 10. The molecule has 0 saturated carbocycles. The molecule has 0 radical (unpaired) electrons. The Morgan fingerprint density at radius 2 is 1.79 bits per heavy atom. The number of ether oxygens (including phenoxy) is 2. The molecule has 1 fully saturated rings. The molecule has 34 heavy (non-hydrogen) atoms. The van der Waals surface area contributed by atoms with Crippen LogP contribution >= 0.6 is 11.6 Å². The van der Waals surface area contributed by atoms with Crippen molar-refractivity contribution in [2.45, 2.75) is 58.9 Å². The van der Waals surface area contributed by atoms with Crippen molar-refractivity contribution < 1.29 is 19.1 Å². The first kappa shape index (κ1) is 25.9. The van der Waals surface area contributed by atoms with Crippen molar-refractivity contribution >= 4 is 29.2 Å². The van der Waals surface area contributed by atoms with Gasteiger partial charge in [0.1, 0.15) is 11.3 Å². The van der Waals surface area contributed by atoms with Gasteiger partial charge in [-0.05, 0) is 74.9 Å². The van der Waals surface area contributed by atoms with E-state index in [9.17, 15) is 9.59 Å². The molecule has 1 aliphatic heterocycles. The highest BCUT2D eigenvalue weighted by molar-refractivity contribution is 6.30. The number of anilines is 1. The van der Waals surface area contributed by atoms with Gasteiger partial charge >= 0.3 is 5.97 Å². The first-order valence-electron chi connectivity index (χ1n) is 12.2. The normalized spacial score (nSPS) is 14.4. The zero-order chi connectivity index (χ0) is 24.5. The van der Waals surface area contributed by atoms with Crippen molar-refractivity contribution in [2.75, 3.05) is 31.2 Å². The number of esters is 1. The zero-order valence-electron chi connectivity index (χ0n) is 20.4. The smallest absolute Gasteiger partial charge is 0.341 e. The number of nitrogens with zero attached hydrogens (tertiary/aromatic N) is 1. The molecular formula is C27H35ClN2O4. The van der Waals surface area contributed by atoms with Crippen LogP contribution < -0.4 is 15.0 Å². The largest absolute Gasteiger partial charge is 0.493 e. The minimum absolute atomic E-state index is 0.0854. The average Bonchev–Trinajstić information content (AvgIpc) is 2.84. The SMILES string of the molecule is CCOC(=O)c1ccc(CC(=O)NC(CC)c2ccc(Cl)cc2N2CCCCC2)cc1OCC. The fourth-order valence-corrected chi connectivity index (χ4v) is 4.55. The number of amides is 1. The van der Waals surface area contributed by atoms with Crippen LogP contribution in [0.5, 0.6) is 5.75 Å². The number of hydrogen-bond donors (Lipinski definition) is 1. The molecule has 0 bridgehead atoms. The van der Waals surface area contributed by atoms with E-state index in [4.69, 9.17) is 21.1 Å². The maximum absolute atomic E-state index is 13.0. The Balaban J connectivity index is 1.76. The number of benzene rings is 2. The molecule has 2 aromatic carbocycles. The van der Waals surface area contributed by atoms with Crippen molar-refractivity contribution in [3.63, 3.8) is 0 Å². The Kier molecular flexibility index (Phi) is 9.63. The highest BCUT2D eigenvalue weighted by Crippen LogP contribution is 2.33. The summed E-state index contributed by atoms with van der Waals surface area (Å²) in [4.78, 5) is 27.6. The van der Waals surface area contributed by atoms with Crippen LogP contribution in [0, 0.1) is 0 Å². The van der Waals surface area contributed by atoms with Crippen molar-refractivity contribution in [1.29, 1.82) is 0 Å². The molecule has 0 spiro atoms. The van der Waals surface area contributed by atoms with Crippen molar-refractivity contribution in [2.24, 2.45) is 0 Å². The fourth-order valence-electron chi connectivity index (χ4n) is 4.38. The quantitative estimate of drug-likeness (QED) is 0.435. The molecule has 1 heterocycles. The number of nitrogens with one attached hydrogen (secondary N) is 1. The monoisotopic (exact) mass is 486 g/mol. The Morgan fingerprint density at radius 1 is 1.03 bits per heavy atom. The standard InChI is InChI=1S/C27H35ClN2O4/c1-4-23(21-13-11-20(28)18-24(21)30-14-8-7-9-15-30)29-26(31)17-19-10-12-22(27(32)34-6-3)25(16-19)33-5-2/h10-13,16,18,23H,4-9,14-15,17H2,1-3H3,(H,29,31). The highest BCUT2D eigenvalue weighted by atomic mass is 35.5. The molecule has 184 valence electrons. The summed E-state index contributed by atoms with van der Waals surface area (Å²) in [6.45, 7) is 8.40. The maximum Gasteiger partial charge on any atom is 0.341 e.